The summed E-state index contributed by atoms with van der Waals surface area (Å²) in [6, 6.07) is 3.40. The number of amides is 1. The standard InChI is InChI=1S/C13H16ClN3O/c14-10-6-9(3-4-16-10)17-13(18)11-7-1-2-8(5-7)12(11)15/h3-4,6-8,11-12H,1-2,5,15H2,(H,16,17,18). The first-order chi connectivity index (χ1) is 8.65. The van der Waals surface area contributed by atoms with Crippen molar-refractivity contribution in [3.05, 3.63) is 23.5 Å². The Morgan fingerprint density at radius 3 is 2.89 bits per heavy atom. The van der Waals surface area contributed by atoms with Crippen LogP contribution in [0, 0.1) is 17.8 Å². The molecule has 96 valence electrons. The molecule has 3 N–H and O–H groups in total. The fraction of sp³-hybridized carbons (Fsp3) is 0.538. The van der Waals surface area contributed by atoms with E-state index in [0.717, 1.165) is 12.8 Å². The van der Waals surface area contributed by atoms with Gasteiger partial charge in [0.1, 0.15) is 5.15 Å². The molecule has 1 heterocycles. The summed E-state index contributed by atoms with van der Waals surface area (Å²) in [6.45, 7) is 0. The number of aromatic nitrogens is 1. The number of nitrogens with two attached hydrogens (primary N) is 1. The second-order valence-corrected chi connectivity index (χ2v) is 5.68. The predicted octanol–water partition coefficient (Wildman–Crippen LogP) is 2.05. The molecule has 2 fully saturated rings. The first-order valence-corrected chi connectivity index (χ1v) is 6.71. The van der Waals surface area contributed by atoms with Gasteiger partial charge in [-0.3, -0.25) is 4.79 Å². The summed E-state index contributed by atoms with van der Waals surface area (Å²) >= 11 is 5.79. The molecule has 2 saturated carbocycles. The lowest BCUT2D eigenvalue weighted by Crippen LogP contribution is -2.42. The van der Waals surface area contributed by atoms with Crippen molar-refractivity contribution in [2.45, 2.75) is 25.3 Å². The molecule has 0 radical (unpaired) electrons. The van der Waals surface area contributed by atoms with Gasteiger partial charge in [0.25, 0.3) is 0 Å². The van der Waals surface area contributed by atoms with Gasteiger partial charge in [-0.25, -0.2) is 4.98 Å². The Bertz CT molecular complexity index is 477. The highest BCUT2D eigenvalue weighted by Crippen LogP contribution is 2.47. The van der Waals surface area contributed by atoms with Crippen LogP contribution >= 0.6 is 11.6 Å². The van der Waals surface area contributed by atoms with Crippen LogP contribution in [-0.2, 0) is 4.79 Å². The highest BCUT2D eigenvalue weighted by atomic mass is 35.5. The lowest BCUT2D eigenvalue weighted by molar-refractivity contribution is -0.121. The van der Waals surface area contributed by atoms with Crippen molar-refractivity contribution < 1.29 is 4.79 Å². The summed E-state index contributed by atoms with van der Waals surface area (Å²) in [5.74, 6) is 0.974. The molecule has 1 aromatic heterocycles. The van der Waals surface area contributed by atoms with Crippen molar-refractivity contribution >= 4 is 23.2 Å². The van der Waals surface area contributed by atoms with E-state index in [1.165, 1.54) is 6.42 Å². The molecule has 1 aromatic rings. The minimum Gasteiger partial charge on any atom is -0.327 e. The van der Waals surface area contributed by atoms with Gasteiger partial charge in [-0.1, -0.05) is 11.6 Å². The fourth-order valence-electron chi connectivity index (χ4n) is 3.43. The zero-order chi connectivity index (χ0) is 12.7. The van der Waals surface area contributed by atoms with Crippen LogP contribution < -0.4 is 11.1 Å². The average Bonchev–Trinajstić information content (AvgIpc) is 2.89. The van der Waals surface area contributed by atoms with E-state index in [9.17, 15) is 4.79 Å². The van der Waals surface area contributed by atoms with Crippen LogP contribution in [0.5, 0.6) is 0 Å². The predicted molar refractivity (Wildman–Crippen MR) is 70.2 cm³/mol. The largest absolute Gasteiger partial charge is 0.327 e. The molecule has 0 aromatic carbocycles. The van der Waals surface area contributed by atoms with Gasteiger partial charge in [-0.05, 0) is 43.2 Å². The van der Waals surface area contributed by atoms with E-state index in [0.29, 0.717) is 22.7 Å². The van der Waals surface area contributed by atoms with Gasteiger partial charge in [-0.15, -0.1) is 0 Å². The van der Waals surface area contributed by atoms with Gasteiger partial charge in [-0.2, -0.15) is 0 Å². The Morgan fingerprint density at radius 1 is 1.44 bits per heavy atom. The van der Waals surface area contributed by atoms with Gasteiger partial charge in [0.05, 0.1) is 5.92 Å². The Morgan fingerprint density at radius 2 is 2.22 bits per heavy atom. The number of pyridine rings is 1. The number of carbonyl (C=O) groups excluding carboxylic acids is 1. The summed E-state index contributed by atoms with van der Waals surface area (Å²) < 4.78 is 0. The van der Waals surface area contributed by atoms with Crippen molar-refractivity contribution in [2.75, 3.05) is 5.32 Å². The minimum atomic E-state index is -0.0457. The zero-order valence-corrected chi connectivity index (χ0v) is 10.7. The molecule has 5 heteroatoms. The van der Waals surface area contributed by atoms with Crippen molar-refractivity contribution in [1.82, 2.24) is 4.98 Å². The van der Waals surface area contributed by atoms with Crippen molar-refractivity contribution in [1.29, 1.82) is 0 Å². The summed E-state index contributed by atoms with van der Waals surface area (Å²) in [5, 5.41) is 3.28. The second kappa shape index (κ2) is 4.52. The van der Waals surface area contributed by atoms with Gasteiger partial charge in [0, 0.05) is 17.9 Å². The maximum atomic E-state index is 12.3. The number of hydrogen-bond acceptors (Lipinski definition) is 3. The summed E-state index contributed by atoms with van der Waals surface area (Å²) in [7, 11) is 0. The maximum Gasteiger partial charge on any atom is 0.229 e. The molecule has 18 heavy (non-hydrogen) atoms. The zero-order valence-electron chi connectivity index (χ0n) is 9.97. The SMILES string of the molecule is NC1C2CCC(C2)C1C(=O)Nc1ccnc(Cl)c1. The van der Waals surface area contributed by atoms with E-state index in [4.69, 9.17) is 17.3 Å². The molecular weight excluding hydrogens is 250 g/mol. The Labute approximate surface area is 111 Å². The van der Waals surface area contributed by atoms with E-state index in [-0.39, 0.29) is 17.9 Å². The lowest BCUT2D eigenvalue weighted by atomic mass is 9.84. The first-order valence-electron chi connectivity index (χ1n) is 6.33. The van der Waals surface area contributed by atoms with Crippen LogP contribution in [0.4, 0.5) is 5.69 Å². The molecule has 2 aliphatic rings. The molecule has 0 saturated heterocycles. The Hall–Kier alpha value is -1.13. The molecular formula is C13H16ClN3O. The van der Waals surface area contributed by atoms with Crippen LogP contribution in [-0.4, -0.2) is 16.9 Å². The van der Waals surface area contributed by atoms with E-state index < -0.39 is 0 Å². The van der Waals surface area contributed by atoms with Crippen LogP contribution in [0.1, 0.15) is 19.3 Å². The van der Waals surface area contributed by atoms with E-state index >= 15 is 0 Å². The topological polar surface area (TPSA) is 68.0 Å². The normalized spacial score (nSPS) is 33.7. The number of rotatable bonds is 2. The van der Waals surface area contributed by atoms with E-state index in [1.807, 2.05) is 0 Å². The fourth-order valence-corrected chi connectivity index (χ4v) is 3.60. The van der Waals surface area contributed by atoms with Gasteiger partial charge >= 0.3 is 0 Å². The number of halogens is 1. The molecule has 4 unspecified atom stereocenters. The Kier molecular flexibility index (Phi) is 2.99. The van der Waals surface area contributed by atoms with Crippen molar-refractivity contribution in [3.63, 3.8) is 0 Å². The molecule has 4 nitrogen and oxygen atoms in total. The third kappa shape index (κ3) is 1.99. The highest BCUT2D eigenvalue weighted by molar-refractivity contribution is 6.29. The first kappa shape index (κ1) is 11.9. The monoisotopic (exact) mass is 265 g/mol. The third-order valence-electron chi connectivity index (χ3n) is 4.28. The van der Waals surface area contributed by atoms with Crippen molar-refractivity contribution in [3.8, 4) is 0 Å². The minimum absolute atomic E-state index is 0.0149. The number of nitrogens with one attached hydrogen (secondary N) is 1. The van der Waals surface area contributed by atoms with Crippen LogP contribution in [0.25, 0.3) is 0 Å². The van der Waals surface area contributed by atoms with E-state index in [2.05, 4.69) is 10.3 Å². The van der Waals surface area contributed by atoms with Crippen molar-refractivity contribution in [2.24, 2.45) is 23.5 Å². The molecule has 0 aliphatic heterocycles. The summed E-state index contributed by atoms with van der Waals surface area (Å²) in [5.41, 5.74) is 6.84. The Balaban J connectivity index is 1.72. The van der Waals surface area contributed by atoms with Crippen LogP contribution in [0.2, 0.25) is 5.15 Å². The molecule has 2 aliphatic carbocycles. The van der Waals surface area contributed by atoms with Gasteiger partial charge < -0.3 is 11.1 Å². The lowest BCUT2D eigenvalue weighted by Gasteiger charge is -2.26. The molecule has 2 bridgehead atoms. The van der Waals surface area contributed by atoms with Gasteiger partial charge in [0.15, 0.2) is 0 Å². The number of hydrogen-bond donors (Lipinski definition) is 2. The number of carbonyl (C=O) groups is 1. The third-order valence-corrected chi connectivity index (χ3v) is 4.48. The number of fused-ring (bicyclic) bond motifs is 2. The molecule has 0 spiro atoms. The number of nitrogens with zero attached hydrogens (tertiary/aromatic N) is 1. The smallest absolute Gasteiger partial charge is 0.229 e. The molecule has 1 amide bonds. The summed E-state index contributed by atoms with van der Waals surface area (Å²) in [6.07, 6.45) is 5.00. The molecule has 3 rings (SSSR count). The maximum absolute atomic E-state index is 12.3. The van der Waals surface area contributed by atoms with E-state index in [1.54, 1.807) is 18.3 Å². The van der Waals surface area contributed by atoms with Gasteiger partial charge in [0.2, 0.25) is 5.91 Å². The van der Waals surface area contributed by atoms with Crippen LogP contribution in [0.15, 0.2) is 18.3 Å². The average molecular weight is 266 g/mol. The number of anilines is 1. The highest BCUT2D eigenvalue weighted by Gasteiger charge is 2.49. The quantitative estimate of drug-likeness (QED) is 0.804. The summed E-state index contributed by atoms with van der Waals surface area (Å²) in [4.78, 5) is 16.2. The second-order valence-electron chi connectivity index (χ2n) is 5.29. The van der Waals surface area contributed by atoms with Crippen LogP contribution in [0.3, 0.4) is 0 Å². The molecule has 4 atom stereocenters.